The summed E-state index contributed by atoms with van der Waals surface area (Å²) < 4.78 is 32.1. The highest BCUT2D eigenvalue weighted by Crippen LogP contribution is 2.25. The van der Waals surface area contributed by atoms with E-state index in [-0.39, 0.29) is 5.75 Å². The van der Waals surface area contributed by atoms with Crippen molar-refractivity contribution in [2.24, 2.45) is 0 Å². The second-order valence-corrected chi connectivity index (χ2v) is 6.70. The van der Waals surface area contributed by atoms with Crippen LogP contribution in [0.3, 0.4) is 0 Å². The first-order chi connectivity index (χ1) is 8.53. The standard InChI is InChI=1S/C12H17ClO4S/c1-16-11-7-3-4-8-12(11)17-9-5-2-6-10-18(13,14)15/h3-4,7-8H,2,5-6,9-10H2,1H3. The summed E-state index contributed by atoms with van der Waals surface area (Å²) in [5, 5.41) is 0. The van der Waals surface area contributed by atoms with E-state index in [2.05, 4.69) is 0 Å². The molecule has 0 atom stereocenters. The van der Waals surface area contributed by atoms with Gasteiger partial charge in [0.15, 0.2) is 11.5 Å². The quantitative estimate of drug-likeness (QED) is 0.546. The minimum absolute atomic E-state index is 0.0171. The molecule has 0 saturated heterocycles. The second-order valence-electron chi connectivity index (χ2n) is 3.80. The van der Waals surface area contributed by atoms with Gasteiger partial charge in [-0.25, -0.2) is 8.42 Å². The molecule has 0 aliphatic rings. The minimum Gasteiger partial charge on any atom is -0.493 e. The molecule has 0 bridgehead atoms. The molecule has 0 spiro atoms. The van der Waals surface area contributed by atoms with Gasteiger partial charge in [-0.2, -0.15) is 0 Å². The molecular formula is C12H17ClO4S. The molecule has 6 heteroatoms. The van der Waals surface area contributed by atoms with E-state index in [0.717, 1.165) is 12.8 Å². The van der Waals surface area contributed by atoms with Gasteiger partial charge in [-0.15, -0.1) is 0 Å². The van der Waals surface area contributed by atoms with Crippen LogP contribution in [-0.4, -0.2) is 27.9 Å². The average Bonchev–Trinajstić information content (AvgIpc) is 2.32. The number of rotatable bonds is 8. The van der Waals surface area contributed by atoms with E-state index < -0.39 is 9.05 Å². The highest BCUT2D eigenvalue weighted by atomic mass is 35.7. The van der Waals surface area contributed by atoms with Gasteiger partial charge in [0.25, 0.3) is 0 Å². The molecule has 0 radical (unpaired) electrons. The van der Waals surface area contributed by atoms with Crippen LogP contribution in [0.2, 0.25) is 0 Å². The van der Waals surface area contributed by atoms with E-state index in [9.17, 15) is 8.42 Å². The molecule has 1 aromatic rings. The topological polar surface area (TPSA) is 52.6 Å². The third-order valence-corrected chi connectivity index (χ3v) is 3.60. The molecular weight excluding hydrogens is 276 g/mol. The monoisotopic (exact) mass is 292 g/mol. The second kappa shape index (κ2) is 7.48. The summed E-state index contributed by atoms with van der Waals surface area (Å²) in [6.07, 6.45) is 2.10. The summed E-state index contributed by atoms with van der Waals surface area (Å²) in [7, 11) is 3.33. The molecule has 1 aromatic carbocycles. The van der Waals surface area contributed by atoms with E-state index in [0.29, 0.717) is 24.5 Å². The highest BCUT2D eigenvalue weighted by molar-refractivity contribution is 8.13. The predicted octanol–water partition coefficient (Wildman–Crippen LogP) is 2.81. The Morgan fingerprint density at radius 1 is 1.11 bits per heavy atom. The third-order valence-electron chi connectivity index (χ3n) is 2.36. The van der Waals surface area contributed by atoms with Crippen LogP contribution in [0.15, 0.2) is 24.3 Å². The Morgan fingerprint density at radius 3 is 2.39 bits per heavy atom. The van der Waals surface area contributed by atoms with Crippen molar-refractivity contribution in [3.05, 3.63) is 24.3 Å². The van der Waals surface area contributed by atoms with Gasteiger partial charge in [0, 0.05) is 10.7 Å². The molecule has 0 aliphatic carbocycles. The fourth-order valence-electron chi connectivity index (χ4n) is 1.47. The van der Waals surface area contributed by atoms with Crippen LogP contribution in [0.25, 0.3) is 0 Å². The molecule has 1 rings (SSSR count). The molecule has 4 nitrogen and oxygen atoms in total. The van der Waals surface area contributed by atoms with Crippen LogP contribution in [0, 0.1) is 0 Å². The Balaban J connectivity index is 2.22. The number of halogens is 1. The van der Waals surface area contributed by atoms with Crippen molar-refractivity contribution in [2.75, 3.05) is 19.5 Å². The lowest BCUT2D eigenvalue weighted by Crippen LogP contribution is -2.01. The molecule has 0 aromatic heterocycles. The van der Waals surface area contributed by atoms with E-state index in [4.69, 9.17) is 20.2 Å². The van der Waals surface area contributed by atoms with Crippen LogP contribution in [-0.2, 0) is 9.05 Å². The van der Waals surface area contributed by atoms with Gasteiger partial charge in [0.1, 0.15) is 0 Å². The first-order valence-corrected chi connectivity index (χ1v) is 8.19. The van der Waals surface area contributed by atoms with E-state index >= 15 is 0 Å². The fourth-order valence-corrected chi connectivity index (χ4v) is 2.35. The fraction of sp³-hybridized carbons (Fsp3) is 0.500. The molecule has 0 fully saturated rings. The zero-order chi connectivity index (χ0) is 13.4. The lowest BCUT2D eigenvalue weighted by Gasteiger charge is -2.09. The molecule has 102 valence electrons. The van der Waals surface area contributed by atoms with Crippen molar-refractivity contribution >= 4 is 19.7 Å². The van der Waals surface area contributed by atoms with Crippen molar-refractivity contribution in [3.63, 3.8) is 0 Å². The number of methoxy groups -OCH3 is 1. The summed E-state index contributed by atoms with van der Waals surface area (Å²) in [5.41, 5.74) is 0. The molecule has 0 N–H and O–H groups in total. The smallest absolute Gasteiger partial charge is 0.232 e. The Labute approximate surface area is 112 Å². The van der Waals surface area contributed by atoms with Crippen LogP contribution in [0.1, 0.15) is 19.3 Å². The van der Waals surface area contributed by atoms with Crippen molar-refractivity contribution in [1.82, 2.24) is 0 Å². The number of hydrogen-bond acceptors (Lipinski definition) is 4. The van der Waals surface area contributed by atoms with Crippen LogP contribution >= 0.6 is 10.7 Å². The normalized spacial score (nSPS) is 11.2. The van der Waals surface area contributed by atoms with Crippen LogP contribution < -0.4 is 9.47 Å². The van der Waals surface area contributed by atoms with E-state index in [1.807, 2.05) is 24.3 Å². The predicted molar refractivity (Wildman–Crippen MR) is 72.0 cm³/mol. The van der Waals surface area contributed by atoms with E-state index in [1.165, 1.54) is 0 Å². The average molecular weight is 293 g/mol. The maximum Gasteiger partial charge on any atom is 0.232 e. The highest BCUT2D eigenvalue weighted by Gasteiger charge is 2.05. The summed E-state index contributed by atoms with van der Waals surface area (Å²) >= 11 is 0. The van der Waals surface area contributed by atoms with Crippen molar-refractivity contribution in [1.29, 1.82) is 0 Å². The Hall–Kier alpha value is -0.940. The van der Waals surface area contributed by atoms with Crippen molar-refractivity contribution in [2.45, 2.75) is 19.3 Å². The largest absolute Gasteiger partial charge is 0.493 e. The molecule has 0 saturated carbocycles. The van der Waals surface area contributed by atoms with Crippen molar-refractivity contribution in [3.8, 4) is 11.5 Å². The van der Waals surface area contributed by atoms with Gasteiger partial charge in [-0.05, 0) is 31.4 Å². The number of unbranched alkanes of at least 4 members (excludes halogenated alkanes) is 2. The zero-order valence-corrected chi connectivity index (χ0v) is 11.8. The lowest BCUT2D eigenvalue weighted by atomic mass is 10.2. The van der Waals surface area contributed by atoms with Crippen LogP contribution in [0.5, 0.6) is 11.5 Å². The first-order valence-electron chi connectivity index (χ1n) is 5.71. The third kappa shape index (κ3) is 6.12. The van der Waals surface area contributed by atoms with Gasteiger partial charge in [-0.3, -0.25) is 0 Å². The maximum absolute atomic E-state index is 10.7. The van der Waals surface area contributed by atoms with Gasteiger partial charge in [0.05, 0.1) is 19.5 Å². The molecule has 0 unspecified atom stereocenters. The van der Waals surface area contributed by atoms with Gasteiger partial charge in [-0.1, -0.05) is 12.1 Å². The first kappa shape index (κ1) is 15.1. The number of ether oxygens (including phenoxy) is 2. The zero-order valence-electron chi connectivity index (χ0n) is 10.3. The molecule has 0 heterocycles. The number of benzene rings is 1. The Bertz CT molecular complexity index is 459. The summed E-state index contributed by atoms with van der Waals surface area (Å²) in [5.74, 6) is 1.41. The maximum atomic E-state index is 10.7. The Kier molecular flexibility index (Phi) is 6.29. The van der Waals surface area contributed by atoms with Gasteiger partial charge >= 0.3 is 0 Å². The minimum atomic E-state index is -3.36. The van der Waals surface area contributed by atoms with E-state index in [1.54, 1.807) is 7.11 Å². The lowest BCUT2D eigenvalue weighted by molar-refractivity contribution is 0.286. The Morgan fingerprint density at radius 2 is 1.78 bits per heavy atom. The van der Waals surface area contributed by atoms with Gasteiger partial charge < -0.3 is 9.47 Å². The summed E-state index contributed by atoms with van der Waals surface area (Å²) in [6.45, 7) is 0.530. The SMILES string of the molecule is COc1ccccc1OCCCCCS(=O)(=O)Cl. The van der Waals surface area contributed by atoms with Crippen molar-refractivity contribution < 1.29 is 17.9 Å². The number of para-hydroxylation sites is 2. The summed E-state index contributed by atoms with van der Waals surface area (Å²) in [4.78, 5) is 0. The summed E-state index contributed by atoms with van der Waals surface area (Å²) in [6, 6.07) is 7.41. The molecule has 0 amide bonds. The number of hydrogen-bond donors (Lipinski definition) is 0. The molecule has 18 heavy (non-hydrogen) atoms. The van der Waals surface area contributed by atoms with Crippen LogP contribution in [0.4, 0.5) is 0 Å². The van der Waals surface area contributed by atoms with Gasteiger partial charge in [0.2, 0.25) is 9.05 Å². The molecule has 0 aliphatic heterocycles.